The molecule has 0 aromatic carbocycles. The molecule has 3 unspecified atom stereocenters. The molecule has 1 aliphatic carbocycles. The van der Waals surface area contributed by atoms with Gasteiger partial charge >= 0.3 is 0 Å². The largest absolute Gasteiger partial charge is 0.384 e. The predicted molar refractivity (Wildman–Crippen MR) is 143 cm³/mol. The van der Waals surface area contributed by atoms with Gasteiger partial charge in [-0.3, -0.25) is 15.0 Å². The molecule has 1 aromatic heterocycles. The van der Waals surface area contributed by atoms with Crippen LogP contribution in [0.4, 0.5) is 0 Å². The highest BCUT2D eigenvalue weighted by molar-refractivity contribution is 5.79. The van der Waals surface area contributed by atoms with E-state index in [1.165, 1.54) is 11.3 Å². The summed E-state index contributed by atoms with van der Waals surface area (Å²) >= 11 is 0. The Morgan fingerprint density at radius 2 is 2.21 bits per heavy atom. The highest BCUT2D eigenvalue weighted by Gasteiger charge is 2.26. The number of rotatable bonds is 11. The van der Waals surface area contributed by atoms with Gasteiger partial charge in [0.25, 0.3) is 0 Å². The molecule has 3 rings (SSSR count). The van der Waals surface area contributed by atoms with Crippen molar-refractivity contribution in [1.82, 2.24) is 20.7 Å². The average molecular weight is 454 g/mol. The maximum absolute atomic E-state index is 5.60. The molecule has 0 radical (unpaired) electrons. The molecule has 1 aromatic rings. The number of terminal acetylenes is 1. The van der Waals surface area contributed by atoms with Crippen molar-refractivity contribution in [3.63, 3.8) is 0 Å². The molecule has 0 fully saturated rings. The number of hydrogen-bond acceptors (Lipinski definition) is 5. The number of fused-ring (bicyclic) bond motifs is 1. The molecule has 2 aliphatic rings. The quantitative estimate of drug-likeness (QED) is 0.269. The van der Waals surface area contributed by atoms with Crippen LogP contribution in [0.5, 0.6) is 0 Å². The summed E-state index contributed by atoms with van der Waals surface area (Å²) < 4.78 is 0. The average Bonchev–Trinajstić information content (AvgIpc) is 3.29. The van der Waals surface area contributed by atoms with Gasteiger partial charge in [0.15, 0.2) is 0 Å². The van der Waals surface area contributed by atoms with Gasteiger partial charge in [0.1, 0.15) is 0 Å². The Morgan fingerprint density at radius 3 is 2.94 bits per heavy atom. The molecular formula is C29H35N5. The normalized spacial score (nSPS) is 20.5. The van der Waals surface area contributed by atoms with Gasteiger partial charge in [0, 0.05) is 54.1 Å². The first kappa shape index (κ1) is 25.0. The van der Waals surface area contributed by atoms with E-state index in [1.54, 1.807) is 24.7 Å². The molecule has 176 valence electrons. The van der Waals surface area contributed by atoms with Crippen molar-refractivity contribution in [2.45, 2.75) is 39.7 Å². The summed E-state index contributed by atoms with van der Waals surface area (Å²) in [5.74, 6) is 3.46. The molecule has 0 amide bonds. The Bertz CT molecular complexity index is 1080. The van der Waals surface area contributed by atoms with Gasteiger partial charge < -0.3 is 5.32 Å². The van der Waals surface area contributed by atoms with Crippen LogP contribution in [0.2, 0.25) is 0 Å². The second kappa shape index (κ2) is 12.6. The first-order chi connectivity index (χ1) is 16.6. The van der Waals surface area contributed by atoms with E-state index < -0.39 is 0 Å². The number of nitrogens with one attached hydrogen (secondary N) is 2. The van der Waals surface area contributed by atoms with Crippen molar-refractivity contribution in [3.8, 4) is 12.3 Å². The van der Waals surface area contributed by atoms with Crippen molar-refractivity contribution in [1.29, 1.82) is 0 Å². The summed E-state index contributed by atoms with van der Waals surface area (Å²) in [6.07, 6.45) is 29.5. The minimum atomic E-state index is 0.372. The van der Waals surface area contributed by atoms with Crippen molar-refractivity contribution in [3.05, 3.63) is 96.3 Å². The summed E-state index contributed by atoms with van der Waals surface area (Å²) in [5.41, 5.74) is 8.54. The number of hydrogen-bond donors (Lipinski definition) is 2. The monoisotopic (exact) mass is 453 g/mol. The van der Waals surface area contributed by atoms with Crippen LogP contribution in [0.25, 0.3) is 5.70 Å². The Hall–Kier alpha value is -3.62. The molecular weight excluding hydrogens is 418 g/mol. The van der Waals surface area contributed by atoms with Crippen LogP contribution in [0.1, 0.15) is 44.7 Å². The molecule has 0 spiro atoms. The predicted octanol–water partition coefficient (Wildman–Crippen LogP) is 5.36. The Morgan fingerprint density at radius 1 is 1.38 bits per heavy atom. The zero-order valence-electron chi connectivity index (χ0n) is 20.4. The van der Waals surface area contributed by atoms with E-state index >= 15 is 0 Å². The number of aromatic nitrogens is 1. The van der Waals surface area contributed by atoms with Crippen LogP contribution in [-0.4, -0.2) is 28.8 Å². The Kier molecular flexibility index (Phi) is 9.25. The van der Waals surface area contributed by atoms with Gasteiger partial charge in [0.05, 0.1) is 11.7 Å². The molecule has 3 atom stereocenters. The highest BCUT2D eigenvalue weighted by Crippen LogP contribution is 2.28. The Balaban J connectivity index is 1.86. The lowest BCUT2D eigenvalue weighted by molar-refractivity contribution is 0.300. The summed E-state index contributed by atoms with van der Waals surface area (Å²) in [5, 5.41) is 5.58. The minimum absolute atomic E-state index is 0.372. The standard InChI is InChI=1S/C29H35N5/c1-6-15-31-28(25-17-23(8-3)18-30-19-25)21-34(29(9-4)22(5)7-2)33-16-14-24-20-32-27-13-11-10-12-26(24)27/h3,6,9-13,15,17-22,26-27,32-33H,1,7,14,16H2,2,4-5H3/b28-21-,29-9-,31-15-. The van der Waals surface area contributed by atoms with Crippen LogP contribution >= 0.6 is 0 Å². The van der Waals surface area contributed by atoms with Gasteiger partial charge in [-0.05, 0) is 43.5 Å². The van der Waals surface area contributed by atoms with Gasteiger partial charge in [0.2, 0.25) is 0 Å². The van der Waals surface area contributed by atoms with Crippen LogP contribution < -0.4 is 10.7 Å². The van der Waals surface area contributed by atoms with E-state index in [4.69, 9.17) is 6.42 Å². The topological polar surface area (TPSA) is 52.6 Å². The third kappa shape index (κ3) is 6.24. The van der Waals surface area contributed by atoms with Crippen LogP contribution in [0.3, 0.4) is 0 Å². The summed E-state index contributed by atoms with van der Waals surface area (Å²) in [6, 6.07) is 2.30. The minimum Gasteiger partial charge on any atom is -0.384 e. The number of hydrazine groups is 1. The summed E-state index contributed by atoms with van der Waals surface area (Å²) in [7, 11) is 0. The van der Waals surface area contributed by atoms with Gasteiger partial charge in [-0.1, -0.05) is 62.8 Å². The molecule has 0 saturated carbocycles. The molecule has 34 heavy (non-hydrogen) atoms. The maximum atomic E-state index is 5.60. The third-order valence-electron chi connectivity index (χ3n) is 6.18. The van der Waals surface area contributed by atoms with Gasteiger partial charge in [-0.15, -0.1) is 6.42 Å². The fourth-order valence-corrected chi connectivity index (χ4v) is 4.16. The summed E-state index contributed by atoms with van der Waals surface area (Å²) in [6.45, 7) is 11.1. The van der Waals surface area contributed by atoms with E-state index in [-0.39, 0.29) is 0 Å². The van der Waals surface area contributed by atoms with E-state index in [1.807, 2.05) is 12.3 Å². The van der Waals surface area contributed by atoms with Crippen LogP contribution in [-0.2, 0) is 0 Å². The number of allylic oxidation sites excluding steroid dienone is 5. The van der Waals surface area contributed by atoms with Crippen LogP contribution in [0.15, 0.2) is 90.2 Å². The third-order valence-corrected chi connectivity index (χ3v) is 6.18. The van der Waals surface area contributed by atoms with E-state index in [2.05, 4.69) is 95.6 Å². The fraction of sp³-hybridized carbons (Fsp3) is 0.310. The van der Waals surface area contributed by atoms with E-state index in [0.29, 0.717) is 17.9 Å². The lowest BCUT2D eigenvalue weighted by atomic mass is 9.90. The molecule has 5 nitrogen and oxygen atoms in total. The van der Waals surface area contributed by atoms with Gasteiger partial charge in [-0.2, -0.15) is 0 Å². The van der Waals surface area contributed by atoms with Crippen molar-refractivity contribution in [2.24, 2.45) is 16.8 Å². The fourth-order valence-electron chi connectivity index (χ4n) is 4.16. The number of pyridine rings is 1. The molecule has 5 heteroatoms. The Labute approximate surface area is 204 Å². The SMILES string of the molecule is C#Cc1cncc(C(=C/N(NCCC2=CNC3C=CC=CC23)/C(=C\C)C(C)CC)/N=C\C=C)c1. The maximum Gasteiger partial charge on any atom is 0.0895 e. The first-order valence-corrected chi connectivity index (χ1v) is 11.9. The van der Waals surface area contributed by atoms with Gasteiger partial charge in [-0.25, -0.2) is 5.43 Å². The van der Waals surface area contributed by atoms with Crippen molar-refractivity contribution >= 4 is 11.9 Å². The molecule has 1 aliphatic heterocycles. The lowest BCUT2D eigenvalue weighted by Crippen LogP contribution is -2.36. The molecule has 2 N–H and O–H groups in total. The molecule has 2 heterocycles. The first-order valence-electron chi connectivity index (χ1n) is 11.9. The van der Waals surface area contributed by atoms with Crippen molar-refractivity contribution < 1.29 is 0 Å². The second-order valence-corrected chi connectivity index (χ2v) is 8.39. The highest BCUT2D eigenvalue weighted by atomic mass is 15.5. The summed E-state index contributed by atoms with van der Waals surface area (Å²) in [4.78, 5) is 8.93. The van der Waals surface area contributed by atoms with E-state index in [9.17, 15) is 0 Å². The molecule has 0 saturated heterocycles. The van der Waals surface area contributed by atoms with Crippen LogP contribution in [0, 0.1) is 24.2 Å². The zero-order chi connectivity index (χ0) is 24.3. The zero-order valence-corrected chi connectivity index (χ0v) is 20.4. The number of nitrogens with zero attached hydrogens (tertiary/aromatic N) is 3. The number of aliphatic imine (C=N–C) groups is 1. The smallest absolute Gasteiger partial charge is 0.0895 e. The lowest BCUT2D eigenvalue weighted by Gasteiger charge is -2.29. The second-order valence-electron chi connectivity index (χ2n) is 8.39. The van der Waals surface area contributed by atoms with E-state index in [0.717, 1.165) is 36.2 Å². The van der Waals surface area contributed by atoms with Crippen molar-refractivity contribution in [2.75, 3.05) is 6.54 Å². The molecule has 0 bridgehead atoms.